The Kier molecular flexibility index (Phi) is 6.08. The van der Waals surface area contributed by atoms with Crippen LogP contribution in [0.25, 0.3) is 0 Å². The minimum absolute atomic E-state index is 0.503. The SMILES string of the molecule is COc1ccc(CCOc2c(Br)cc(CN)cc2Br)cc1. The molecule has 2 aromatic rings. The molecule has 0 bridgehead atoms. The predicted molar refractivity (Wildman–Crippen MR) is 91.9 cm³/mol. The Bertz CT molecular complexity index is 577. The van der Waals surface area contributed by atoms with Gasteiger partial charge in [-0.3, -0.25) is 0 Å². The highest BCUT2D eigenvalue weighted by Gasteiger charge is 2.08. The molecule has 2 N–H and O–H groups in total. The zero-order valence-electron chi connectivity index (χ0n) is 11.7. The molecule has 0 spiro atoms. The average molecular weight is 415 g/mol. The molecule has 3 nitrogen and oxygen atoms in total. The van der Waals surface area contributed by atoms with Gasteiger partial charge in [0.05, 0.1) is 22.7 Å². The third-order valence-electron chi connectivity index (χ3n) is 3.09. The van der Waals surface area contributed by atoms with Crippen molar-refractivity contribution in [3.63, 3.8) is 0 Å². The van der Waals surface area contributed by atoms with Gasteiger partial charge in [0.1, 0.15) is 11.5 Å². The Morgan fingerprint density at radius 2 is 1.62 bits per heavy atom. The second kappa shape index (κ2) is 7.82. The smallest absolute Gasteiger partial charge is 0.147 e. The van der Waals surface area contributed by atoms with E-state index in [-0.39, 0.29) is 0 Å². The predicted octanol–water partition coefficient (Wildman–Crippen LogP) is 4.30. The van der Waals surface area contributed by atoms with Crippen molar-refractivity contribution in [1.29, 1.82) is 0 Å². The highest BCUT2D eigenvalue weighted by Crippen LogP contribution is 2.34. The van der Waals surface area contributed by atoms with E-state index in [0.717, 1.165) is 32.4 Å². The molecule has 0 fully saturated rings. The summed E-state index contributed by atoms with van der Waals surface area (Å²) < 4.78 is 12.8. The van der Waals surface area contributed by atoms with Crippen LogP contribution in [-0.2, 0) is 13.0 Å². The number of nitrogens with two attached hydrogens (primary N) is 1. The molecule has 0 radical (unpaired) electrons. The van der Waals surface area contributed by atoms with Gasteiger partial charge in [-0.1, -0.05) is 12.1 Å². The van der Waals surface area contributed by atoms with Gasteiger partial charge in [0, 0.05) is 13.0 Å². The van der Waals surface area contributed by atoms with Gasteiger partial charge in [-0.2, -0.15) is 0 Å². The molecule has 112 valence electrons. The molecule has 5 heteroatoms. The Morgan fingerprint density at radius 1 is 1.00 bits per heavy atom. The van der Waals surface area contributed by atoms with Crippen LogP contribution in [0.1, 0.15) is 11.1 Å². The lowest BCUT2D eigenvalue weighted by Gasteiger charge is -2.12. The first-order valence-electron chi connectivity index (χ1n) is 6.57. The first-order valence-corrected chi connectivity index (χ1v) is 8.16. The Morgan fingerprint density at radius 3 is 2.14 bits per heavy atom. The molecular weight excluding hydrogens is 398 g/mol. The van der Waals surface area contributed by atoms with Gasteiger partial charge in [-0.05, 0) is 67.3 Å². The van der Waals surface area contributed by atoms with Gasteiger partial charge in [0.2, 0.25) is 0 Å². The fraction of sp³-hybridized carbons (Fsp3) is 0.250. The van der Waals surface area contributed by atoms with Crippen molar-refractivity contribution in [3.8, 4) is 11.5 Å². The maximum atomic E-state index is 5.86. The molecular formula is C16H17Br2NO2. The van der Waals surface area contributed by atoms with Crippen molar-refractivity contribution in [2.75, 3.05) is 13.7 Å². The number of methoxy groups -OCH3 is 1. The van der Waals surface area contributed by atoms with E-state index in [4.69, 9.17) is 15.2 Å². The summed E-state index contributed by atoms with van der Waals surface area (Å²) in [6.45, 7) is 1.11. The third kappa shape index (κ3) is 4.46. The van der Waals surface area contributed by atoms with E-state index in [1.165, 1.54) is 5.56 Å². The van der Waals surface area contributed by atoms with Crippen molar-refractivity contribution in [1.82, 2.24) is 0 Å². The van der Waals surface area contributed by atoms with Gasteiger partial charge in [0.15, 0.2) is 0 Å². The molecule has 0 atom stereocenters. The summed E-state index contributed by atoms with van der Waals surface area (Å²) in [5.41, 5.74) is 7.91. The molecule has 0 aliphatic carbocycles. The molecule has 21 heavy (non-hydrogen) atoms. The van der Waals surface area contributed by atoms with Crippen LogP contribution >= 0.6 is 31.9 Å². The van der Waals surface area contributed by atoms with E-state index >= 15 is 0 Å². The Hall–Kier alpha value is -1.04. The van der Waals surface area contributed by atoms with E-state index in [1.807, 2.05) is 36.4 Å². The normalized spacial score (nSPS) is 10.5. The Labute approximate surface area is 141 Å². The minimum atomic E-state index is 0.503. The summed E-state index contributed by atoms with van der Waals surface area (Å²) in [6.07, 6.45) is 0.835. The zero-order chi connectivity index (χ0) is 15.2. The van der Waals surface area contributed by atoms with E-state index in [9.17, 15) is 0 Å². The summed E-state index contributed by atoms with van der Waals surface area (Å²) in [4.78, 5) is 0. The number of ether oxygens (including phenoxy) is 2. The van der Waals surface area contributed by atoms with Crippen molar-refractivity contribution in [2.24, 2.45) is 5.73 Å². The summed E-state index contributed by atoms with van der Waals surface area (Å²) in [5, 5.41) is 0. The van der Waals surface area contributed by atoms with E-state index in [2.05, 4.69) is 31.9 Å². The second-order valence-corrected chi connectivity index (χ2v) is 6.25. The van der Waals surface area contributed by atoms with E-state index < -0.39 is 0 Å². The summed E-state index contributed by atoms with van der Waals surface area (Å²) >= 11 is 7.03. The van der Waals surface area contributed by atoms with Gasteiger partial charge in [-0.25, -0.2) is 0 Å². The van der Waals surface area contributed by atoms with E-state index in [0.29, 0.717) is 13.2 Å². The largest absolute Gasteiger partial charge is 0.497 e. The van der Waals surface area contributed by atoms with Crippen LogP contribution in [-0.4, -0.2) is 13.7 Å². The van der Waals surface area contributed by atoms with Crippen LogP contribution in [0.5, 0.6) is 11.5 Å². The highest BCUT2D eigenvalue weighted by molar-refractivity contribution is 9.11. The lowest BCUT2D eigenvalue weighted by molar-refractivity contribution is 0.318. The third-order valence-corrected chi connectivity index (χ3v) is 4.27. The van der Waals surface area contributed by atoms with Crippen LogP contribution in [0.15, 0.2) is 45.3 Å². The molecule has 0 unspecified atom stereocenters. The van der Waals surface area contributed by atoms with Crippen molar-refractivity contribution >= 4 is 31.9 Å². The molecule has 0 saturated heterocycles. The lowest BCUT2D eigenvalue weighted by Crippen LogP contribution is -2.04. The molecule has 0 aliphatic heterocycles. The molecule has 0 amide bonds. The van der Waals surface area contributed by atoms with E-state index in [1.54, 1.807) is 7.11 Å². The molecule has 0 heterocycles. The number of rotatable bonds is 6. The molecule has 2 rings (SSSR count). The van der Waals surface area contributed by atoms with Crippen molar-refractivity contribution in [3.05, 3.63) is 56.5 Å². The zero-order valence-corrected chi connectivity index (χ0v) is 14.9. The topological polar surface area (TPSA) is 44.5 Å². The Balaban J connectivity index is 1.96. The van der Waals surface area contributed by atoms with Crippen LogP contribution in [0.4, 0.5) is 0 Å². The average Bonchev–Trinajstić information content (AvgIpc) is 2.50. The standard InChI is InChI=1S/C16H17Br2NO2/c1-20-13-4-2-11(3-5-13)6-7-21-16-14(17)8-12(10-19)9-15(16)18/h2-5,8-9H,6-7,10,19H2,1H3. The van der Waals surface area contributed by atoms with Crippen LogP contribution in [0, 0.1) is 0 Å². The molecule has 2 aromatic carbocycles. The van der Waals surface area contributed by atoms with Crippen molar-refractivity contribution < 1.29 is 9.47 Å². The number of benzene rings is 2. The summed E-state index contributed by atoms with van der Waals surface area (Å²) in [5.74, 6) is 1.67. The van der Waals surface area contributed by atoms with Gasteiger partial charge >= 0.3 is 0 Å². The lowest BCUT2D eigenvalue weighted by atomic mass is 10.1. The van der Waals surface area contributed by atoms with Crippen LogP contribution in [0.3, 0.4) is 0 Å². The van der Waals surface area contributed by atoms with Crippen LogP contribution < -0.4 is 15.2 Å². The fourth-order valence-electron chi connectivity index (χ4n) is 1.93. The summed E-state index contributed by atoms with van der Waals surface area (Å²) in [7, 11) is 1.66. The minimum Gasteiger partial charge on any atom is -0.497 e. The maximum Gasteiger partial charge on any atom is 0.147 e. The maximum absolute atomic E-state index is 5.86. The molecule has 0 aromatic heterocycles. The van der Waals surface area contributed by atoms with Gasteiger partial charge < -0.3 is 15.2 Å². The fourth-order valence-corrected chi connectivity index (χ4v) is 3.44. The second-order valence-electron chi connectivity index (χ2n) is 4.54. The van der Waals surface area contributed by atoms with Gasteiger partial charge in [-0.15, -0.1) is 0 Å². The number of halogens is 2. The monoisotopic (exact) mass is 413 g/mol. The van der Waals surface area contributed by atoms with Crippen LogP contribution in [0.2, 0.25) is 0 Å². The number of hydrogen-bond donors (Lipinski definition) is 1. The first kappa shape index (κ1) is 16.3. The molecule has 0 aliphatic rings. The molecule has 0 saturated carbocycles. The summed E-state index contributed by atoms with van der Waals surface area (Å²) in [6, 6.07) is 12.0. The number of hydrogen-bond acceptors (Lipinski definition) is 3. The van der Waals surface area contributed by atoms with Crippen molar-refractivity contribution in [2.45, 2.75) is 13.0 Å². The quantitative estimate of drug-likeness (QED) is 0.766. The van der Waals surface area contributed by atoms with Gasteiger partial charge in [0.25, 0.3) is 0 Å². The first-order chi connectivity index (χ1) is 10.1. The highest BCUT2D eigenvalue weighted by atomic mass is 79.9.